The number of amides is 1. The second kappa shape index (κ2) is 4.38. The third kappa shape index (κ3) is 4.02. The first-order chi connectivity index (χ1) is 4.20. The maximum atomic E-state index is 10.2. The number of hydrogen-bond acceptors (Lipinski definition) is 3. The molecule has 0 rings (SSSR count). The molecule has 0 aromatic rings. The van der Waals surface area contributed by atoms with E-state index < -0.39 is 6.04 Å². The number of nitrogens with one attached hydrogen (secondary N) is 1. The van der Waals surface area contributed by atoms with Crippen LogP contribution in [0.1, 0.15) is 6.92 Å². The average Bonchev–Trinajstić information content (AvgIpc) is 1.82. The summed E-state index contributed by atoms with van der Waals surface area (Å²) in [6, 6.07) is -0.564. The van der Waals surface area contributed by atoms with Gasteiger partial charge in [-0.05, 0) is 0 Å². The smallest absolute Gasteiger partial charge is 0.223 e. The predicted octanol–water partition coefficient (Wildman–Crippen LogP) is -0.469. The topological polar surface area (TPSA) is 46.2 Å². The Kier molecular flexibility index (Phi) is 4.13. The van der Waals surface area contributed by atoms with Gasteiger partial charge >= 0.3 is 0 Å². The van der Waals surface area contributed by atoms with Crippen molar-refractivity contribution in [2.45, 2.75) is 13.0 Å². The molecule has 0 unspecified atom stereocenters. The van der Waals surface area contributed by atoms with Crippen molar-refractivity contribution in [3.8, 4) is 0 Å². The Bertz CT molecular complexity index is 116. The molecule has 1 radical (unpaired) electrons. The van der Waals surface area contributed by atoms with Crippen LogP contribution in [-0.4, -0.2) is 24.0 Å². The van der Waals surface area contributed by atoms with Gasteiger partial charge in [-0.15, -0.1) is 0 Å². The van der Waals surface area contributed by atoms with Crippen molar-refractivity contribution >= 4 is 24.8 Å². The molecule has 9 heavy (non-hydrogen) atoms. The Morgan fingerprint density at radius 3 is 2.56 bits per heavy atom. The van der Waals surface area contributed by atoms with Crippen LogP contribution in [0.3, 0.4) is 0 Å². The number of rotatable bonds is 3. The molecular weight excluding hydrogens is 138 g/mol. The lowest BCUT2D eigenvalue weighted by molar-refractivity contribution is -0.119. The third-order valence-corrected chi connectivity index (χ3v) is 1.07. The molecule has 0 saturated carbocycles. The molecule has 0 spiro atoms. The maximum absolute atomic E-state index is 10.2. The fourth-order valence-electron chi connectivity index (χ4n) is 0.358. The molecule has 0 aliphatic carbocycles. The number of carbonyl (C=O) groups excluding carboxylic acids is 2. The van der Waals surface area contributed by atoms with Crippen molar-refractivity contribution in [2.75, 3.05) is 5.75 Å². The van der Waals surface area contributed by atoms with Crippen molar-refractivity contribution in [3.63, 3.8) is 0 Å². The van der Waals surface area contributed by atoms with E-state index >= 15 is 0 Å². The highest BCUT2D eigenvalue weighted by Crippen LogP contribution is 1.81. The van der Waals surface area contributed by atoms with Crippen LogP contribution in [0.5, 0.6) is 0 Å². The van der Waals surface area contributed by atoms with Crippen molar-refractivity contribution in [3.05, 3.63) is 0 Å². The summed E-state index contributed by atoms with van der Waals surface area (Å²) in [5.74, 6) is 0.0562. The molecule has 1 atom stereocenters. The van der Waals surface area contributed by atoms with Crippen molar-refractivity contribution in [1.82, 2.24) is 5.32 Å². The van der Waals surface area contributed by atoms with Crippen molar-refractivity contribution in [1.29, 1.82) is 0 Å². The van der Waals surface area contributed by atoms with Gasteiger partial charge in [-0.2, -0.15) is 12.6 Å². The van der Waals surface area contributed by atoms with E-state index in [1.54, 1.807) is 6.29 Å². The first-order valence-corrected chi connectivity index (χ1v) is 3.09. The minimum Gasteiger partial charge on any atom is -0.345 e. The van der Waals surface area contributed by atoms with Gasteiger partial charge in [0, 0.05) is 12.7 Å². The van der Waals surface area contributed by atoms with Gasteiger partial charge in [-0.3, -0.25) is 9.59 Å². The van der Waals surface area contributed by atoms with Gasteiger partial charge in [0.05, 0.1) is 0 Å². The molecule has 3 nitrogen and oxygen atoms in total. The minimum atomic E-state index is -0.564. The van der Waals surface area contributed by atoms with Crippen LogP contribution in [0.2, 0.25) is 0 Å². The summed E-state index contributed by atoms with van der Waals surface area (Å²) >= 11 is 3.79. The second-order valence-electron chi connectivity index (χ2n) is 1.55. The van der Waals surface area contributed by atoms with E-state index in [0.717, 1.165) is 0 Å². The van der Waals surface area contributed by atoms with Gasteiger partial charge in [0.1, 0.15) is 6.04 Å². The molecule has 0 bridgehead atoms. The molecule has 0 aromatic carbocycles. The highest BCUT2D eigenvalue weighted by Gasteiger charge is 2.04. The van der Waals surface area contributed by atoms with Crippen LogP contribution in [0.25, 0.3) is 0 Å². The Labute approximate surface area is 59.2 Å². The summed E-state index contributed by atoms with van der Waals surface area (Å²) in [6.45, 7) is 1.34. The standard InChI is InChI=1S/C5H8NO2S/c1-4(8)6-5(2-7)3-9/h5,9H,3H2,1H3,(H,6,8)/t5-/m1/s1. The summed E-state index contributed by atoms with van der Waals surface area (Å²) in [4.78, 5) is 20.1. The zero-order valence-electron chi connectivity index (χ0n) is 5.05. The van der Waals surface area contributed by atoms with Crippen LogP contribution in [0.15, 0.2) is 0 Å². The summed E-state index contributed by atoms with van der Waals surface area (Å²) in [5, 5.41) is 2.34. The lowest BCUT2D eigenvalue weighted by Crippen LogP contribution is -2.35. The van der Waals surface area contributed by atoms with Crippen LogP contribution >= 0.6 is 12.6 Å². The molecule has 0 fully saturated rings. The van der Waals surface area contributed by atoms with E-state index in [-0.39, 0.29) is 5.91 Å². The summed E-state index contributed by atoms with van der Waals surface area (Å²) in [5.41, 5.74) is 0. The zero-order chi connectivity index (χ0) is 7.28. The fourth-order valence-corrected chi connectivity index (χ4v) is 0.524. The lowest BCUT2D eigenvalue weighted by atomic mass is 10.4. The zero-order valence-corrected chi connectivity index (χ0v) is 5.94. The highest BCUT2D eigenvalue weighted by atomic mass is 32.1. The van der Waals surface area contributed by atoms with Crippen LogP contribution < -0.4 is 5.32 Å². The van der Waals surface area contributed by atoms with Crippen molar-refractivity contribution in [2.24, 2.45) is 0 Å². The molecule has 51 valence electrons. The Morgan fingerprint density at radius 1 is 1.89 bits per heavy atom. The minimum absolute atomic E-state index is 0.239. The van der Waals surface area contributed by atoms with Gasteiger partial charge in [0.25, 0.3) is 0 Å². The average molecular weight is 146 g/mol. The second-order valence-corrected chi connectivity index (χ2v) is 1.92. The number of hydrogen-bond donors (Lipinski definition) is 2. The van der Waals surface area contributed by atoms with E-state index in [4.69, 9.17) is 0 Å². The maximum Gasteiger partial charge on any atom is 0.223 e. The molecule has 1 N–H and O–H groups in total. The molecule has 4 heteroatoms. The molecular formula is C5H8NO2S. The number of carbonyl (C=O) groups is 1. The largest absolute Gasteiger partial charge is 0.345 e. The molecule has 0 aliphatic heterocycles. The number of thiol groups is 1. The van der Waals surface area contributed by atoms with Crippen LogP contribution in [0, 0.1) is 0 Å². The Morgan fingerprint density at radius 2 is 2.44 bits per heavy atom. The summed E-state index contributed by atoms with van der Waals surface area (Å²) in [7, 11) is 0. The highest BCUT2D eigenvalue weighted by molar-refractivity contribution is 7.80. The Hall–Kier alpha value is -0.510. The van der Waals surface area contributed by atoms with Crippen molar-refractivity contribution < 1.29 is 9.59 Å². The van der Waals surface area contributed by atoms with E-state index in [0.29, 0.717) is 5.75 Å². The summed E-state index contributed by atoms with van der Waals surface area (Å²) < 4.78 is 0. The van der Waals surface area contributed by atoms with Crippen LogP contribution in [-0.2, 0) is 9.59 Å². The predicted molar refractivity (Wildman–Crippen MR) is 37.2 cm³/mol. The summed E-state index contributed by atoms with van der Waals surface area (Å²) in [6.07, 6.45) is 1.62. The SMILES string of the molecule is CC(=O)N[C@H]([C]=O)CS. The van der Waals surface area contributed by atoms with Gasteiger partial charge in [0.15, 0.2) is 0 Å². The van der Waals surface area contributed by atoms with E-state index in [9.17, 15) is 9.59 Å². The molecule has 1 amide bonds. The normalized spacial score (nSPS) is 12.2. The van der Waals surface area contributed by atoms with E-state index in [1.165, 1.54) is 6.92 Å². The van der Waals surface area contributed by atoms with Crippen LogP contribution in [0.4, 0.5) is 0 Å². The monoisotopic (exact) mass is 146 g/mol. The molecule has 0 heterocycles. The van der Waals surface area contributed by atoms with E-state index in [2.05, 4.69) is 17.9 Å². The van der Waals surface area contributed by atoms with E-state index in [1.807, 2.05) is 0 Å². The van der Waals surface area contributed by atoms with Gasteiger partial charge in [0.2, 0.25) is 12.2 Å². The molecule has 0 aliphatic rings. The third-order valence-electron chi connectivity index (χ3n) is 0.702. The fraction of sp³-hybridized carbons (Fsp3) is 0.600. The Balaban J connectivity index is 3.55. The van der Waals surface area contributed by atoms with Gasteiger partial charge < -0.3 is 5.32 Å². The lowest BCUT2D eigenvalue weighted by Gasteiger charge is -2.04. The quantitative estimate of drug-likeness (QED) is 0.529. The first-order valence-electron chi connectivity index (χ1n) is 2.46. The van der Waals surface area contributed by atoms with Gasteiger partial charge in [-0.1, -0.05) is 0 Å². The molecule has 0 saturated heterocycles. The van der Waals surface area contributed by atoms with Gasteiger partial charge in [-0.25, -0.2) is 0 Å². The molecule has 0 aromatic heterocycles. The first kappa shape index (κ1) is 8.49.